The summed E-state index contributed by atoms with van der Waals surface area (Å²) in [5.41, 5.74) is 1.98. The number of benzene rings is 2. The van der Waals surface area contributed by atoms with Crippen molar-refractivity contribution in [3.63, 3.8) is 0 Å². The van der Waals surface area contributed by atoms with E-state index < -0.39 is 11.9 Å². The average Bonchev–Trinajstić information content (AvgIpc) is 2.82. The highest BCUT2D eigenvalue weighted by atomic mass is 35.5. The zero-order chi connectivity index (χ0) is 14.1. The maximum atomic E-state index is 13.8. The van der Waals surface area contributed by atoms with Gasteiger partial charge in [0.25, 0.3) is 0 Å². The van der Waals surface area contributed by atoms with E-state index in [2.05, 4.69) is 4.98 Å². The van der Waals surface area contributed by atoms with Crippen LogP contribution in [0.15, 0.2) is 48.8 Å². The fraction of sp³-hybridized carbons (Fsp3) is 0.133. The van der Waals surface area contributed by atoms with Crippen molar-refractivity contribution in [2.24, 2.45) is 0 Å². The summed E-state index contributed by atoms with van der Waals surface area (Å²) < 4.78 is 15.6. The first-order valence-corrected chi connectivity index (χ1v) is 6.56. The van der Waals surface area contributed by atoms with Crippen LogP contribution >= 0.6 is 11.6 Å². The molecule has 0 amide bonds. The maximum Gasteiger partial charge on any atom is 0.130 e. The topological polar surface area (TPSA) is 38.0 Å². The quantitative estimate of drug-likeness (QED) is 0.801. The summed E-state index contributed by atoms with van der Waals surface area (Å²) in [5, 5.41) is 10.5. The van der Waals surface area contributed by atoms with Gasteiger partial charge in [0, 0.05) is 10.6 Å². The van der Waals surface area contributed by atoms with Crippen LogP contribution in [-0.2, 0) is 6.54 Å². The van der Waals surface area contributed by atoms with Crippen LogP contribution in [0.4, 0.5) is 4.39 Å². The fourth-order valence-corrected chi connectivity index (χ4v) is 2.37. The molecule has 1 unspecified atom stereocenters. The van der Waals surface area contributed by atoms with Crippen molar-refractivity contribution in [2.75, 3.05) is 0 Å². The predicted molar refractivity (Wildman–Crippen MR) is 76.1 cm³/mol. The lowest BCUT2D eigenvalue weighted by Gasteiger charge is -2.13. The number of aromatic nitrogens is 2. The molecule has 0 saturated carbocycles. The molecule has 0 aliphatic heterocycles. The molecule has 1 heterocycles. The van der Waals surface area contributed by atoms with Crippen LogP contribution in [0.2, 0.25) is 5.02 Å². The molecule has 0 spiro atoms. The van der Waals surface area contributed by atoms with Crippen molar-refractivity contribution < 1.29 is 9.50 Å². The van der Waals surface area contributed by atoms with Gasteiger partial charge in [-0.15, -0.1) is 0 Å². The van der Waals surface area contributed by atoms with Gasteiger partial charge >= 0.3 is 0 Å². The van der Waals surface area contributed by atoms with E-state index in [0.717, 1.165) is 11.0 Å². The molecule has 0 aliphatic rings. The number of nitrogens with zero attached hydrogens (tertiary/aromatic N) is 2. The third-order valence-electron chi connectivity index (χ3n) is 3.22. The summed E-state index contributed by atoms with van der Waals surface area (Å²) in [6, 6.07) is 11.9. The second-order valence-corrected chi connectivity index (χ2v) is 5.00. The summed E-state index contributed by atoms with van der Waals surface area (Å²) in [5.74, 6) is -0.505. The van der Waals surface area contributed by atoms with Crippen LogP contribution in [0.3, 0.4) is 0 Å². The molecule has 20 heavy (non-hydrogen) atoms. The second kappa shape index (κ2) is 5.23. The Hall–Kier alpha value is -1.91. The number of aliphatic hydroxyl groups excluding tert-OH is 1. The molecule has 3 aromatic rings. The lowest BCUT2D eigenvalue weighted by Crippen LogP contribution is -2.09. The van der Waals surface area contributed by atoms with Gasteiger partial charge in [-0.1, -0.05) is 29.8 Å². The zero-order valence-electron chi connectivity index (χ0n) is 10.5. The van der Waals surface area contributed by atoms with Crippen LogP contribution in [-0.4, -0.2) is 14.7 Å². The molecule has 3 rings (SSSR count). The van der Waals surface area contributed by atoms with E-state index >= 15 is 0 Å². The number of rotatable bonds is 3. The van der Waals surface area contributed by atoms with Gasteiger partial charge in [0.05, 0.1) is 30.0 Å². The smallest absolute Gasteiger partial charge is 0.130 e. The van der Waals surface area contributed by atoms with Gasteiger partial charge in [0.1, 0.15) is 5.82 Å². The molecule has 0 fully saturated rings. The normalized spacial score (nSPS) is 12.8. The van der Waals surface area contributed by atoms with Crippen molar-refractivity contribution in [3.8, 4) is 0 Å². The number of hydrogen-bond acceptors (Lipinski definition) is 2. The van der Waals surface area contributed by atoms with E-state index in [4.69, 9.17) is 11.6 Å². The molecule has 5 heteroatoms. The van der Waals surface area contributed by atoms with Crippen LogP contribution < -0.4 is 0 Å². The van der Waals surface area contributed by atoms with Crippen molar-refractivity contribution in [2.45, 2.75) is 12.6 Å². The van der Waals surface area contributed by atoms with Gasteiger partial charge in [0.15, 0.2) is 0 Å². The van der Waals surface area contributed by atoms with Crippen LogP contribution in [0.25, 0.3) is 11.0 Å². The molecule has 102 valence electrons. The SMILES string of the molecule is OC(Cn1cnc2ccccc21)c1ccc(Cl)cc1F. The van der Waals surface area contributed by atoms with Crippen molar-refractivity contribution in [1.29, 1.82) is 0 Å². The number of aliphatic hydroxyl groups is 1. The molecule has 3 nitrogen and oxygen atoms in total. The van der Waals surface area contributed by atoms with Crippen LogP contribution in [0.1, 0.15) is 11.7 Å². The molecule has 1 atom stereocenters. The van der Waals surface area contributed by atoms with Gasteiger partial charge in [-0.2, -0.15) is 0 Å². The number of halogens is 2. The fourth-order valence-electron chi connectivity index (χ4n) is 2.21. The van der Waals surface area contributed by atoms with E-state index in [-0.39, 0.29) is 12.1 Å². The molecular formula is C15H12ClFN2O. The Bertz CT molecular complexity index is 756. The minimum Gasteiger partial charge on any atom is -0.386 e. The molecule has 0 radical (unpaired) electrons. The minimum absolute atomic E-state index is 0.229. The average molecular weight is 291 g/mol. The van der Waals surface area contributed by atoms with Gasteiger partial charge in [-0.3, -0.25) is 0 Å². The van der Waals surface area contributed by atoms with Gasteiger partial charge in [-0.25, -0.2) is 9.37 Å². The molecule has 1 N–H and O–H groups in total. The summed E-state index contributed by atoms with van der Waals surface area (Å²) in [6.45, 7) is 0.235. The highest BCUT2D eigenvalue weighted by Gasteiger charge is 2.15. The van der Waals surface area contributed by atoms with Gasteiger partial charge < -0.3 is 9.67 Å². The highest BCUT2D eigenvalue weighted by molar-refractivity contribution is 6.30. The first-order chi connectivity index (χ1) is 9.65. The summed E-state index contributed by atoms with van der Waals surface area (Å²) in [4.78, 5) is 4.24. The molecular weight excluding hydrogens is 279 g/mol. The standard InChI is InChI=1S/C15H12ClFN2O/c16-10-5-6-11(12(17)7-10)15(20)8-19-9-18-13-3-1-2-4-14(13)19/h1-7,9,15,20H,8H2. The number of fused-ring (bicyclic) bond motifs is 1. The van der Waals surface area contributed by atoms with Gasteiger partial charge in [0.2, 0.25) is 0 Å². The Morgan fingerprint density at radius 1 is 1.25 bits per heavy atom. The van der Waals surface area contributed by atoms with E-state index in [1.54, 1.807) is 17.0 Å². The van der Waals surface area contributed by atoms with E-state index in [1.807, 2.05) is 24.3 Å². The Labute approximate surface area is 120 Å². The number of para-hydroxylation sites is 2. The molecule has 1 aromatic heterocycles. The van der Waals surface area contributed by atoms with Crippen LogP contribution in [0, 0.1) is 5.82 Å². The van der Waals surface area contributed by atoms with Crippen LogP contribution in [0.5, 0.6) is 0 Å². The van der Waals surface area contributed by atoms with E-state index in [0.29, 0.717) is 5.02 Å². The Kier molecular flexibility index (Phi) is 3.42. The Morgan fingerprint density at radius 2 is 2.05 bits per heavy atom. The highest BCUT2D eigenvalue weighted by Crippen LogP contribution is 2.23. The Morgan fingerprint density at radius 3 is 2.85 bits per heavy atom. The number of hydrogen-bond donors (Lipinski definition) is 1. The summed E-state index contributed by atoms with van der Waals surface area (Å²) >= 11 is 5.71. The van der Waals surface area contributed by atoms with Crippen molar-refractivity contribution in [3.05, 3.63) is 65.2 Å². The van der Waals surface area contributed by atoms with E-state index in [9.17, 15) is 9.50 Å². The lowest BCUT2D eigenvalue weighted by molar-refractivity contribution is 0.153. The maximum absolute atomic E-state index is 13.8. The molecule has 2 aromatic carbocycles. The third-order valence-corrected chi connectivity index (χ3v) is 3.45. The zero-order valence-corrected chi connectivity index (χ0v) is 11.3. The monoisotopic (exact) mass is 290 g/mol. The first kappa shape index (κ1) is 13.1. The van der Waals surface area contributed by atoms with E-state index in [1.165, 1.54) is 12.1 Å². The second-order valence-electron chi connectivity index (χ2n) is 4.57. The summed E-state index contributed by atoms with van der Waals surface area (Å²) in [6.07, 6.45) is 0.687. The summed E-state index contributed by atoms with van der Waals surface area (Å²) in [7, 11) is 0. The molecule has 0 aliphatic carbocycles. The number of imidazole rings is 1. The largest absolute Gasteiger partial charge is 0.386 e. The predicted octanol–water partition coefficient (Wildman–Crippen LogP) is 3.56. The third kappa shape index (κ3) is 2.40. The Balaban J connectivity index is 1.90. The molecule has 0 bridgehead atoms. The van der Waals surface area contributed by atoms with Gasteiger partial charge in [-0.05, 0) is 24.3 Å². The lowest BCUT2D eigenvalue weighted by atomic mass is 10.1. The first-order valence-electron chi connectivity index (χ1n) is 6.18. The van der Waals surface area contributed by atoms with Crippen molar-refractivity contribution >= 4 is 22.6 Å². The van der Waals surface area contributed by atoms with Crippen molar-refractivity contribution in [1.82, 2.24) is 9.55 Å². The minimum atomic E-state index is -0.954. The molecule has 0 saturated heterocycles.